The number of allylic oxidation sites excluding steroid dienone is 3. The number of carboxylic acid groups (broad SMARTS) is 1. The van der Waals surface area contributed by atoms with E-state index in [-0.39, 0.29) is 0 Å². The minimum absolute atomic E-state index is 0.311. The first-order valence-corrected chi connectivity index (χ1v) is 12.6. The predicted octanol–water partition coefficient (Wildman–Crippen LogP) is 9.36. The molecule has 0 fully saturated rings. The first kappa shape index (κ1) is 25.0. The molecule has 35 heavy (non-hydrogen) atoms. The van der Waals surface area contributed by atoms with E-state index in [2.05, 4.69) is 43.8 Å². The SMILES string of the molecule is C=CC/C(=C\c1ccc(C2=C(c3ccc(Cl)cc3Cl)CCCc3cc(C(=O)O)ccc32)cc1)CC. The molecule has 0 atom stereocenters. The maximum Gasteiger partial charge on any atom is 0.335 e. The quantitative estimate of drug-likeness (QED) is 0.326. The third-order valence-corrected chi connectivity index (χ3v) is 7.03. The molecule has 178 valence electrons. The summed E-state index contributed by atoms with van der Waals surface area (Å²) in [5.74, 6) is -0.911. The van der Waals surface area contributed by atoms with Crippen LogP contribution in [0.1, 0.15) is 70.8 Å². The Morgan fingerprint density at radius 1 is 1.00 bits per heavy atom. The molecule has 0 saturated heterocycles. The van der Waals surface area contributed by atoms with Crippen molar-refractivity contribution in [1.82, 2.24) is 0 Å². The zero-order valence-electron chi connectivity index (χ0n) is 19.8. The molecule has 0 aromatic heterocycles. The third kappa shape index (κ3) is 5.61. The van der Waals surface area contributed by atoms with Crippen LogP contribution in [0.3, 0.4) is 0 Å². The Morgan fingerprint density at radius 3 is 2.40 bits per heavy atom. The highest BCUT2D eigenvalue weighted by Crippen LogP contribution is 2.42. The lowest BCUT2D eigenvalue weighted by Gasteiger charge is -2.18. The van der Waals surface area contributed by atoms with Crippen molar-refractivity contribution >= 4 is 46.4 Å². The van der Waals surface area contributed by atoms with Crippen LogP contribution in [0.4, 0.5) is 0 Å². The second kappa shape index (κ2) is 11.1. The van der Waals surface area contributed by atoms with Gasteiger partial charge in [-0.05, 0) is 95.3 Å². The summed E-state index contributed by atoms with van der Waals surface area (Å²) in [4.78, 5) is 11.6. The molecule has 1 aliphatic rings. The van der Waals surface area contributed by atoms with Gasteiger partial charge in [-0.25, -0.2) is 4.79 Å². The summed E-state index contributed by atoms with van der Waals surface area (Å²) in [6.45, 7) is 6.02. The van der Waals surface area contributed by atoms with E-state index < -0.39 is 5.97 Å². The van der Waals surface area contributed by atoms with Crippen LogP contribution in [0.2, 0.25) is 10.0 Å². The standard InChI is InChI=1S/C31H28Cl2O2/c1-3-6-20(4-2)17-21-9-11-22(12-10-21)30-26-15-13-24(31(34)35)18-23(26)7-5-8-28(30)27-16-14-25(32)19-29(27)33/h3,9-19H,1,4-8H2,2H3,(H,34,35)/b20-17-. The molecule has 0 radical (unpaired) electrons. The normalized spacial score (nSPS) is 13.9. The van der Waals surface area contributed by atoms with E-state index in [4.69, 9.17) is 23.2 Å². The van der Waals surface area contributed by atoms with E-state index in [0.717, 1.165) is 71.1 Å². The van der Waals surface area contributed by atoms with Crippen molar-refractivity contribution in [3.63, 3.8) is 0 Å². The number of fused-ring (bicyclic) bond motifs is 1. The van der Waals surface area contributed by atoms with Gasteiger partial charge in [-0.3, -0.25) is 0 Å². The average molecular weight is 503 g/mol. The fourth-order valence-electron chi connectivity index (χ4n) is 4.73. The van der Waals surface area contributed by atoms with Crippen molar-refractivity contribution in [3.05, 3.63) is 122 Å². The van der Waals surface area contributed by atoms with E-state index in [1.807, 2.05) is 30.3 Å². The second-order valence-electron chi connectivity index (χ2n) is 8.78. The third-order valence-electron chi connectivity index (χ3n) is 6.48. The molecule has 4 rings (SSSR count). The van der Waals surface area contributed by atoms with E-state index in [1.54, 1.807) is 12.1 Å². The fraction of sp³-hybridized carbons (Fsp3) is 0.194. The number of carboxylic acids is 1. The number of benzene rings is 3. The zero-order chi connectivity index (χ0) is 24.9. The summed E-state index contributed by atoms with van der Waals surface area (Å²) in [5, 5.41) is 10.8. The highest BCUT2D eigenvalue weighted by atomic mass is 35.5. The van der Waals surface area contributed by atoms with Crippen molar-refractivity contribution in [2.75, 3.05) is 0 Å². The van der Waals surface area contributed by atoms with Gasteiger partial charge in [-0.2, -0.15) is 0 Å². The molecule has 2 nitrogen and oxygen atoms in total. The number of halogens is 2. The molecule has 0 saturated carbocycles. The lowest BCUT2D eigenvalue weighted by molar-refractivity contribution is 0.0696. The maximum atomic E-state index is 11.6. The summed E-state index contributed by atoms with van der Waals surface area (Å²) in [7, 11) is 0. The molecule has 3 aromatic carbocycles. The molecule has 3 aromatic rings. The molecule has 0 bridgehead atoms. The van der Waals surface area contributed by atoms with E-state index in [1.165, 1.54) is 5.57 Å². The Bertz CT molecular complexity index is 1330. The van der Waals surface area contributed by atoms with Crippen LogP contribution in [-0.4, -0.2) is 11.1 Å². The molecule has 4 heteroatoms. The molecular formula is C31H28Cl2O2. The molecule has 0 heterocycles. The van der Waals surface area contributed by atoms with Gasteiger partial charge in [0.25, 0.3) is 0 Å². The minimum atomic E-state index is -0.911. The Hall–Kier alpha value is -3.07. The number of rotatable bonds is 7. The van der Waals surface area contributed by atoms with Crippen molar-refractivity contribution in [3.8, 4) is 0 Å². The van der Waals surface area contributed by atoms with Gasteiger partial charge in [0.1, 0.15) is 0 Å². The van der Waals surface area contributed by atoms with Crippen molar-refractivity contribution in [2.24, 2.45) is 0 Å². The van der Waals surface area contributed by atoms with Gasteiger partial charge in [0, 0.05) is 10.0 Å². The van der Waals surface area contributed by atoms with Gasteiger partial charge in [0.2, 0.25) is 0 Å². The van der Waals surface area contributed by atoms with Crippen LogP contribution in [0.15, 0.2) is 78.9 Å². The Labute approximate surface area is 217 Å². The summed E-state index contributed by atoms with van der Waals surface area (Å²) in [5.41, 5.74) is 9.18. The molecule has 0 spiro atoms. The maximum absolute atomic E-state index is 11.6. The Kier molecular flexibility index (Phi) is 7.95. The zero-order valence-corrected chi connectivity index (χ0v) is 21.3. The predicted molar refractivity (Wildman–Crippen MR) is 148 cm³/mol. The van der Waals surface area contributed by atoms with Gasteiger partial charge in [-0.1, -0.05) is 84.2 Å². The van der Waals surface area contributed by atoms with Crippen LogP contribution >= 0.6 is 23.2 Å². The monoisotopic (exact) mass is 502 g/mol. The lowest BCUT2D eigenvalue weighted by Crippen LogP contribution is -2.01. The number of aromatic carboxylic acids is 1. The van der Waals surface area contributed by atoms with Crippen molar-refractivity contribution in [2.45, 2.75) is 39.0 Å². The van der Waals surface area contributed by atoms with Gasteiger partial charge in [0.15, 0.2) is 0 Å². The van der Waals surface area contributed by atoms with Gasteiger partial charge in [-0.15, -0.1) is 6.58 Å². The molecule has 1 aliphatic carbocycles. The second-order valence-corrected chi connectivity index (χ2v) is 9.62. The Morgan fingerprint density at radius 2 is 1.74 bits per heavy atom. The number of carbonyl (C=O) groups is 1. The van der Waals surface area contributed by atoms with Gasteiger partial charge < -0.3 is 5.11 Å². The van der Waals surface area contributed by atoms with Crippen molar-refractivity contribution < 1.29 is 9.90 Å². The van der Waals surface area contributed by atoms with Crippen LogP contribution < -0.4 is 0 Å². The largest absolute Gasteiger partial charge is 0.478 e. The summed E-state index contributed by atoms with van der Waals surface area (Å²) >= 11 is 12.9. The summed E-state index contributed by atoms with van der Waals surface area (Å²) in [6, 6.07) is 19.6. The van der Waals surface area contributed by atoms with Crippen LogP contribution in [0, 0.1) is 0 Å². The smallest absolute Gasteiger partial charge is 0.335 e. The summed E-state index contributed by atoms with van der Waals surface area (Å²) < 4.78 is 0. The summed E-state index contributed by atoms with van der Waals surface area (Å²) in [6.07, 6.45) is 8.54. The van der Waals surface area contributed by atoms with Crippen LogP contribution in [-0.2, 0) is 6.42 Å². The lowest BCUT2D eigenvalue weighted by atomic mass is 9.87. The molecule has 1 N–H and O–H groups in total. The highest BCUT2D eigenvalue weighted by Gasteiger charge is 2.22. The molecule has 0 amide bonds. The van der Waals surface area contributed by atoms with Gasteiger partial charge in [0.05, 0.1) is 5.56 Å². The molecule has 0 unspecified atom stereocenters. The first-order valence-electron chi connectivity index (χ1n) is 11.9. The fourth-order valence-corrected chi connectivity index (χ4v) is 5.25. The number of hydrogen-bond donors (Lipinski definition) is 1. The van der Waals surface area contributed by atoms with Crippen molar-refractivity contribution in [1.29, 1.82) is 0 Å². The van der Waals surface area contributed by atoms with E-state index in [0.29, 0.717) is 15.6 Å². The molecular weight excluding hydrogens is 475 g/mol. The highest BCUT2D eigenvalue weighted by molar-refractivity contribution is 6.36. The average Bonchev–Trinajstić information content (AvgIpc) is 3.03. The Balaban J connectivity index is 1.91. The minimum Gasteiger partial charge on any atom is -0.478 e. The van der Waals surface area contributed by atoms with E-state index >= 15 is 0 Å². The number of aryl methyl sites for hydroxylation is 1. The molecule has 0 aliphatic heterocycles. The van der Waals surface area contributed by atoms with Crippen LogP contribution in [0.5, 0.6) is 0 Å². The van der Waals surface area contributed by atoms with E-state index in [9.17, 15) is 9.90 Å². The first-order chi connectivity index (χ1) is 16.9. The number of hydrogen-bond acceptors (Lipinski definition) is 1. The topological polar surface area (TPSA) is 37.3 Å². The van der Waals surface area contributed by atoms with Crippen LogP contribution in [0.25, 0.3) is 17.2 Å². The van der Waals surface area contributed by atoms with Gasteiger partial charge >= 0.3 is 5.97 Å².